The third-order valence-corrected chi connectivity index (χ3v) is 2.33. The molecule has 0 aliphatic carbocycles. The minimum atomic E-state index is -0.317. The Balaban J connectivity index is 2.91. The summed E-state index contributed by atoms with van der Waals surface area (Å²) in [6, 6.07) is 4.42. The van der Waals surface area contributed by atoms with Gasteiger partial charge < -0.3 is 11.5 Å². The van der Waals surface area contributed by atoms with E-state index in [1.165, 1.54) is 6.07 Å². The fraction of sp³-hybridized carbons (Fsp3) is 0.333. The lowest BCUT2D eigenvalue weighted by molar-refractivity contribution is 0.567. The zero-order valence-electron chi connectivity index (χ0n) is 7.13. The van der Waals surface area contributed by atoms with Crippen molar-refractivity contribution in [2.45, 2.75) is 12.5 Å². The van der Waals surface area contributed by atoms with Gasteiger partial charge in [0.2, 0.25) is 0 Å². The van der Waals surface area contributed by atoms with Gasteiger partial charge in [0.25, 0.3) is 0 Å². The Hall–Kier alpha value is -0.450. The summed E-state index contributed by atoms with van der Waals surface area (Å²) in [5.74, 6) is -0.274. The minimum absolute atomic E-state index is 0.274. The molecular weight excluding hydrogens is 235 g/mol. The predicted octanol–water partition coefficient (Wildman–Crippen LogP) is 1.94. The summed E-state index contributed by atoms with van der Waals surface area (Å²) in [6.07, 6.45) is 0.591. The molecule has 0 aliphatic rings. The van der Waals surface area contributed by atoms with E-state index in [4.69, 9.17) is 11.5 Å². The smallest absolute Gasteiger partial charge is 0.128 e. The molecule has 0 saturated heterocycles. The fourth-order valence-electron chi connectivity index (χ4n) is 1.13. The summed E-state index contributed by atoms with van der Waals surface area (Å²) >= 11 is 3.26. The highest BCUT2D eigenvalue weighted by Gasteiger charge is 2.10. The van der Waals surface area contributed by atoms with Crippen LogP contribution in [0.1, 0.15) is 18.0 Å². The molecular formula is C9H12BrFN2. The number of hydrogen-bond acceptors (Lipinski definition) is 2. The molecule has 4 N–H and O–H groups in total. The topological polar surface area (TPSA) is 52.0 Å². The molecule has 0 bridgehead atoms. The standard InChI is InChI=1S/C9H12BrFN2/c10-6-1-2-8(11)7(5-6)9(13)3-4-12/h1-2,5,9H,3-4,12-13H2/t9-/m0/s1. The van der Waals surface area contributed by atoms with E-state index in [1.54, 1.807) is 12.1 Å². The zero-order chi connectivity index (χ0) is 9.84. The van der Waals surface area contributed by atoms with Crippen molar-refractivity contribution in [2.75, 3.05) is 6.54 Å². The van der Waals surface area contributed by atoms with E-state index in [2.05, 4.69) is 15.9 Å². The first-order valence-corrected chi connectivity index (χ1v) is 4.85. The predicted molar refractivity (Wildman–Crippen MR) is 54.7 cm³/mol. The first kappa shape index (κ1) is 10.6. The highest BCUT2D eigenvalue weighted by Crippen LogP contribution is 2.21. The highest BCUT2D eigenvalue weighted by atomic mass is 79.9. The third-order valence-electron chi connectivity index (χ3n) is 1.84. The van der Waals surface area contributed by atoms with E-state index in [-0.39, 0.29) is 11.9 Å². The summed E-state index contributed by atoms with van der Waals surface area (Å²) < 4.78 is 14.0. The number of rotatable bonds is 3. The summed E-state index contributed by atoms with van der Waals surface area (Å²) in [4.78, 5) is 0. The molecule has 0 aliphatic heterocycles. The zero-order valence-corrected chi connectivity index (χ0v) is 8.72. The molecule has 1 aromatic rings. The SMILES string of the molecule is NCC[C@H](N)c1cc(Br)ccc1F. The molecule has 1 atom stereocenters. The molecule has 1 aromatic carbocycles. The van der Waals surface area contributed by atoms with Gasteiger partial charge in [0, 0.05) is 16.1 Å². The van der Waals surface area contributed by atoms with Gasteiger partial charge in [0.15, 0.2) is 0 Å². The van der Waals surface area contributed by atoms with E-state index in [1.807, 2.05) is 0 Å². The Morgan fingerprint density at radius 1 is 1.46 bits per heavy atom. The Morgan fingerprint density at radius 2 is 2.15 bits per heavy atom. The maximum absolute atomic E-state index is 13.2. The van der Waals surface area contributed by atoms with E-state index in [0.717, 1.165) is 4.47 Å². The molecule has 1 rings (SSSR count). The summed E-state index contributed by atoms with van der Waals surface area (Å²) in [6.45, 7) is 0.465. The normalized spacial score (nSPS) is 12.9. The van der Waals surface area contributed by atoms with E-state index in [9.17, 15) is 4.39 Å². The molecule has 0 unspecified atom stereocenters. The van der Waals surface area contributed by atoms with Crippen LogP contribution < -0.4 is 11.5 Å². The fourth-order valence-corrected chi connectivity index (χ4v) is 1.51. The van der Waals surface area contributed by atoms with Crippen LogP contribution in [0.25, 0.3) is 0 Å². The lowest BCUT2D eigenvalue weighted by Gasteiger charge is -2.11. The van der Waals surface area contributed by atoms with Crippen LogP contribution in [0, 0.1) is 5.82 Å². The molecule has 13 heavy (non-hydrogen) atoms. The number of benzene rings is 1. The van der Waals surface area contributed by atoms with E-state index >= 15 is 0 Å². The third kappa shape index (κ3) is 2.76. The lowest BCUT2D eigenvalue weighted by atomic mass is 10.0. The van der Waals surface area contributed by atoms with Crippen LogP contribution in [0.3, 0.4) is 0 Å². The summed E-state index contributed by atoms with van der Waals surface area (Å²) in [5, 5.41) is 0. The Morgan fingerprint density at radius 3 is 2.77 bits per heavy atom. The minimum Gasteiger partial charge on any atom is -0.330 e. The highest BCUT2D eigenvalue weighted by molar-refractivity contribution is 9.10. The van der Waals surface area contributed by atoms with Gasteiger partial charge in [0.05, 0.1) is 0 Å². The number of hydrogen-bond donors (Lipinski definition) is 2. The van der Waals surface area contributed by atoms with Crippen molar-refractivity contribution in [3.63, 3.8) is 0 Å². The maximum Gasteiger partial charge on any atom is 0.128 e. The van der Waals surface area contributed by atoms with Gasteiger partial charge in [-0.05, 0) is 31.2 Å². The molecule has 0 aromatic heterocycles. The van der Waals surface area contributed by atoms with E-state index in [0.29, 0.717) is 18.5 Å². The second-order valence-electron chi connectivity index (χ2n) is 2.85. The molecule has 0 spiro atoms. The summed E-state index contributed by atoms with van der Waals surface area (Å²) in [5.41, 5.74) is 11.6. The van der Waals surface area contributed by atoms with Crippen molar-refractivity contribution >= 4 is 15.9 Å². The van der Waals surface area contributed by atoms with Crippen LogP contribution >= 0.6 is 15.9 Å². The molecule has 0 fully saturated rings. The lowest BCUT2D eigenvalue weighted by Crippen LogP contribution is -2.16. The van der Waals surface area contributed by atoms with Crippen molar-refractivity contribution in [2.24, 2.45) is 11.5 Å². The molecule has 72 valence electrons. The van der Waals surface area contributed by atoms with Gasteiger partial charge in [-0.25, -0.2) is 4.39 Å². The van der Waals surface area contributed by atoms with Crippen LogP contribution in [0.15, 0.2) is 22.7 Å². The van der Waals surface area contributed by atoms with Gasteiger partial charge in [-0.2, -0.15) is 0 Å². The molecule has 2 nitrogen and oxygen atoms in total. The van der Waals surface area contributed by atoms with Gasteiger partial charge in [-0.3, -0.25) is 0 Å². The summed E-state index contributed by atoms with van der Waals surface area (Å²) in [7, 11) is 0. The number of nitrogens with two attached hydrogens (primary N) is 2. The van der Waals surface area contributed by atoms with Crippen molar-refractivity contribution in [1.82, 2.24) is 0 Å². The van der Waals surface area contributed by atoms with Crippen molar-refractivity contribution < 1.29 is 4.39 Å². The van der Waals surface area contributed by atoms with Crippen molar-refractivity contribution in [3.05, 3.63) is 34.1 Å². The Bertz CT molecular complexity index is 291. The van der Waals surface area contributed by atoms with Gasteiger partial charge in [0.1, 0.15) is 5.82 Å². The van der Waals surface area contributed by atoms with Crippen LogP contribution in [0.4, 0.5) is 4.39 Å². The Kier molecular flexibility index (Phi) is 3.84. The van der Waals surface area contributed by atoms with Crippen molar-refractivity contribution in [1.29, 1.82) is 0 Å². The van der Waals surface area contributed by atoms with Crippen molar-refractivity contribution in [3.8, 4) is 0 Å². The first-order chi connectivity index (χ1) is 6.15. The molecule has 0 radical (unpaired) electrons. The maximum atomic E-state index is 13.2. The molecule has 4 heteroatoms. The van der Waals surface area contributed by atoms with Gasteiger partial charge in [-0.1, -0.05) is 15.9 Å². The van der Waals surface area contributed by atoms with E-state index < -0.39 is 0 Å². The van der Waals surface area contributed by atoms with Crippen LogP contribution in [-0.4, -0.2) is 6.54 Å². The van der Waals surface area contributed by atoms with Gasteiger partial charge in [-0.15, -0.1) is 0 Å². The number of halogens is 2. The molecule has 0 heterocycles. The average molecular weight is 247 g/mol. The Labute approximate surface area is 85.2 Å². The largest absolute Gasteiger partial charge is 0.330 e. The molecule has 0 amide bonds. The quantitative estimate of drug-likeness (QED) is 0.857. The first-order valence-electron chi connectivity index (χ1n) is 4.05. The second-order valence-corrected chi connectivity index (χ2v) is 3.77. The van der Waals surface area contributed by atoms with Gasteiger partial charge >= 0.3 is 0 Å². The monoisotopic (exact) mass is 246 g/mol. The van der Waals surface area contributed by atoms with Crippen LogP contribution in [0.2, 0.25) is 0 Å². The van der Waals surface area contributed by atoms with Crippen LogP contribution in [-0.2, 0) is 0 Å². The average Bonchev–Trinajstić information content (AvgIpc) is 2.09. The van der Waals surface area contributed by atoms with Crippen LogP contribution in [0.5, 0.6) is 0 Å². The molecule has 0 saturated carbocycles. The second kappa shape index (κ2) is 4.69.